The SMILES string of the molecule is COc1ccc(OC)c(NC(=O)c2c(C)oc3ccn(Cc4cccc(F)c4)c(=O)c23)c1. The van der Waals surface area contributed by atoms with Crippen molar-refractivity contribution in [2.24, 2.45) is 0 Å². The summed E-state index contributed by atoms with van der Waals surface area (Å²) >= 11 is 0. The molecule has 164 valence electrons. The van der Waals surface area contributed by atoms with Gasteiger partial charge < -0.3 is 23.8 Å². The molecule has 0 aliphatic heterocycles. The molecule has 7 nitrogen and oxygen atoms in total. The Morgan fingerprint density at radius 1 is 1.12 bits per heavy atom. The first-order chi connectivity index (χ1) is 15.4. The predicted octanol–water partition coefficient (Wildman–Crippen LogP) is 4.36. The molecule has 0 aliphatic rings. The second kappa shape index (κ2) is 8.58. The lowest BCUT2D eigenvalue weighted by molar-refractivity contribution is 0.102. The summed E-state index contributed by atoms with van der Waals surface area (Å²) in [6, 6.07) is 12.6. The number of hydrogen-bond acceptors (Lipinski definition) is 5. The summed E-state index contributed by atoms with van der Waals surface area (Å²) < 4.78 is 31.2. The number of pyridine rings is 1. The van der Waals surface area contributed by atoms with Gasteiger partial charge in [0.1, 0.15) is 28.7 Å². The van der Waals surface area contributed by atoms with Crippen molar-refractivity contribution in [1.82, 2.24) is 4.57 Å². The van der Waals surface area contributed by atoms with Crippen molar-refractivity contribution in [3.63, 3.8) is 0 Å². The first kappa shape index (κ1) is 21.2. The molecule has 1 amide bonds. The molecule has 2 aromatic heterocycles. The van der Waals surface area contributed by atoms with Crippen LogP contribution in [0, 0.1) is 12.7 Å². The zero-order chi connectivity index (χ0) is 22.8. The van der Waals surface area contributed by atoms with Gasteiger partial charge in [-0.3, -0.25) is 9.59 Å². The largest absolute Gasteiger partial charge is 0.497 e. The summed E-state index contributed by atoms with van der Waals surface area (Å²) in [6.07, 6.45) is 1.56. The highest BCUT2D eigenvalue weighted by atomic mass is 19.1. The fourth-order valence-electron chi connectivity index (χ4n) is 3.59. The van der Waals surface area contributed by atoms with Gasteiger partial charge in [0.15, 0.2) is 0 Å². The number of benzene rings is 2. The van der Waals surface area contributed by atoms with Crippen LogP contribution in [0.2, 0.25) is 0 Å². The van der Waals surface area contributed by atoms with E-state index in [0.29, 0.717) is 34.1 Å². The zero-order valence-corrected chi connectivity index (χ0v) is 17.8. The van der Waals surface area contributed by atoms with Crippen molar-refractivity contribution in [2.75, 3.05) is 19.5 Å². The molecule has 8 heteroatoms. The number of ether oxygens (including phenoxy) is 2. The maximum Gasteiger partial charge on any atom is 0.262 e. The first-order valence-corrected chi connectivity index (χ1v) is 9.81. The summed E-state index contributed by atoms with van der Waals surface area (Å²) in [5.41, 5.74) is 1.03. The molecular weight excluding hydrogens is 415 g/mol. The van der Waals surface area contributed by atoms with Gasteiger partial charge in [0, 0.05) is 12.3 Å². The molecule has 4 rings (SSSR count). The number of halogens is 1. The van der Waals surface area contributed by atoms with E-state index in [1.165, 1.54) is 30.9 Å². The summed E-state index contributed by atoms with van der Waals surface area (Å²) in [5.74, 6) is 0.372. The van der Waals surface area contributed by atoms with Crippen molar-refractivity contribution in [1.29, 1.82) is 0 Å². The number of aryl methyl sites for hydroxylation is 1. The van der Waals surface area contributed by atoms with Gasteiger partial charge in [0.05, 0.1) is 37.4 Å². The molecule has 4 aromatic rings. The van der Waals surface area contributed by atoms with Crippen LogP contribution in [-0.4, -0.2) is 24.7 Å². The van der Waals surface area contributed by atoms with Gasteiger partial charge in [-0.15, -0.1) is 0 Å². The smallest absolute Gasteiger partial charge is 0.262 e. The van der Waals surface area contributed by atoms with Crippen LogP contribution >= 0.6 is 0 Å². The van der Waals surface area contributed by atoms with Crippen LogP contribution in [0.15, 0.2) is 63.9 Å². The second-order valence-corrected chi connectivity index (χ2v) is 7.17. The number of furan rings is 1. The van der Waals surface area contributed by atoms with E-state index in [1.807, 2.05) is 0 Å². The van der Waals surface area contributed by atoms with E-state index < -0.39 is 11.5 Å². The topological polar surface area (TPSA) is 82.7 Å². The molecule has 2 heterocycles. The number of nitrogens with one attached hydrogen (secondary N) is 1. The number of carbonyl (C=O) groups is 1. The standard InChI is InChI=1S/C24H21FN2O5/c1-14-21(23(28)26-18-12-17(30-2)7-8-19(18)31-3)22-20(32-14)9-10-27(24(22)29)13-15-5-4-6-16(25)11-15/h4-12H,13H2,1-3H3,(H,26,28). The van der Waals surface area contributed by atoms with Crippen molar-refractivity contribution in [3.05, 3.63) is 87.8 Å². The highest BCUT2D eigenvalue weighted by molar-refractivity contribution is 6.13. The fraction of sp³-hybridized carbons (Fsp3) is 0.167. The number of methoxy groups -OCH3 is 2. The quantitative estimate of drug-likeness (QED) is 0.486. The van der Waals surface area contributed by atoms with E-state index in [2.05, 4.69) is 5.32 Å². The summed E-state index contributed by atoms with van der Waals surface area (Å²) in [6.45, 7) is 1.77. The second-order valence-electron chi connectivity index (χ2n) is 7.17. The molecule has 0 saturated carbocycles. The third-order valence-electron chi connectivity index (χ3n) is 5.12. The highest BCUT2D eigenvalue weighted by Crippen LogP contribution is 2.31. The number of hydrogen-bond donors (Lipinski definition) is 1. The van der Waals surface area contributed by atoms with E-state index in [-0.39, 0.29) is 23.3 Å². The number of aromatic nitrogens is 1. The Bertz CT molecular complexity index is 1370. The number of anilines is 1. The van der Waals surface area contributed by atoms with Crippen molar-refractivity contribution in [2.45, 2.75) is 13.5 Å². The van der Waals surface area contributed by atoms with E-state index >= 15 is 0 Å². The number of fused-ring (bicyclic) bond motifs is 1. The summed E-state index contributed by atoms with van der Waals surface area (Å²) in [7, 11) is 3.00. The molecule has 0 spiro atoms. The molecule has 32 heavy (non-hydrogen) atoms. The van der Waals surface area contributed by atoms with Crippen molar-refractivity contribution >= 4 is 22.6 Å². The lowest BCUT2D eigenvalue weighted by Crippen LogP contribution is -2.22. The van der Waals surface area contributed by atoms with Crippen molar-refractivity contribution < 1.29 is 23.1 Å². The molecule has 0 atom stereocenters. The predicted molar refractivity (Wildman–Crippen MR) is 118 cm³/mol. The number of carbonyl (C=O) groups excluding carboxylic acids is 1. The Morgan fingerprint density at radius 2 is 1.94 bits per heavy atom. The molecule has 2 aromatic carbocycles. The first-order valence-electron chi connectivity index (χ1n) is 9.81. The van der Waals surface area contributed by atoms with Crippen LogP contribution < -0.4 is 20.3 Å². The number of nitrogens with zero attached hydrogens (tertiary/aromatic N) is 1. The lowest BCUT2D eigenvalue weighted by atomic mass is 10.1. The summed E-state index contributed by atoms with van der Waals surface area (Å²) in [5, 5.41) is 2.93. The fourth-order valence-corrected chi connectivity index (χ4v) is 3.59. The highest BCUT2D eigenvalue weighted by Gasteiger charge is 2.23. The third kappa shape index (κ3) is 3.94. The molecule has 0 bridgehead atoms. The minimum Gasteiger partial charge on any atom is -0.497 e. The Labute approximate surface area is 183 Å². The molecule has 0 unspecified atom stereocenters. The van der Waals surface area contributed by atoms with Crippen molar-refractivity contribution in [3.8, 4) is 11.5 Å². The number of amides is 1. The van der Waals surface area contributed by atoms with E-state index in [0.717, 1.165) is 0 Å². The molecule has 0 saturated heterocycles. The van der Waals surface area contributed by atoms with Gasteiger partial charge in [-0.2, -0.15) is 0 Å². The molecule has 1 N–H and O–H groups in total. The molecular formula is C24H21FN2O5. The molecule has 0 radical (unpaired) electrons. The van der Waals surface area contributed by atoms with Gasteiger partial charge >= 0.3 is 0 Å². The normalized spacial score (nSPS) is 10.9. The third-order valence-corrected chi connectivity index (χ3v) is 5.12. The minimum atomic E-state index is -0.520. The van der Waals surface area contributed by atoms with Gasteiger partial charge in [0.25, 0.3) is 11.5 Å². The Morgan fingerprint density at radius 3 is 2.66 bits per heavy atom. The maximum absolute atomic E-state index is 13.5. The van der Waals surface area contributed by atoms with Gasteiger partial charge in [-0.05, 0) is 42.8 Å². The van der Waals surface area contributed by atoms with Crippen LogP contribution in [0.1, 0.15) is 21.7 Å². The van der Waals surface area contributed by atoms with Gasteiger partial charge in [0.2, 0.25) is 0 Å². The Kier molecular flexibility index (Phi) is 5.68. The average molecular weight is 436 g/mol. The number of rotatable bonds is 6. The molecule has 0 aliphatic carbocycles. The minimum absolute atomic E-state index is 0.128. The molecule has 0 fully saturated rings. The van der Waals surface area contributed by atoms with E-state index in [4.69, 9.17) is 13.9 Å². The van der Waals surface area contributed by atoms with Crippen LogP contribution in [0.4, 0.5) is 10.1 Å². The van der Waals surface area contributed by atoms with E-state index in [9.17, 15) is 14.0 Å². The zero-order valence-electron chi connectivity index (χ0n) is 17.8. The Balaban J connectivity index is 1.75. The monoisotopic (exact) mass is 436 g/mol. The average Bonchev–Trinajstić information content (AvgIpc) is 3.12. The van der Waals surface area contributed by atoms with E-state index in [1.54, 1.807) is 49.5 Å². The maximum atomic E-state index is 13.5. The Hall–Kier alpha value is -4.07. The van der Waals surface area contributed by atoms with Gasteiger partial charge in [-0.25, -0.2) is 4.39 Å². The van der Waals surface area contributed by atoms with Crippen LogP contribution in [0.3, 0.4) is 0 Å². The lowest BCUT2D eigenvalue weighted by Gasteiger charge is -2.12. The summed E-state index contributed by atoms with van der Waals surface area (Å²) in [4.78, 5) is 26.4. The van der Waals surface area contributed by atoms with Crippen LogP contribution in [-0.2, 0) is 6.54 Å². The van der Waals surface area contributed by atoms with Gasteiger partial charge in [-0.1, -0.05) is 12.1 Å². The van der Waals surface area contributed by atoms with Crippen LogP contribution in [0.5, 0.6) is 11.5 Å². The van der Waals surface area contributed by atoms with Crippen LogP contribution in [0.25, 0.3) is 11.0 Å².